The first-order chi connectivity index (χ1) is 7.59. The Morgan fingerprint density at radius 3 is 2.94 bits per heavy atom. The molecule has 16 heavy (non-hydrogen) atoms. The molecule has 0 bridgehead atoms. The summed E-state index contributed by atoms with van der Waals surface area (Å²) in [5.41, 5.74) is 5.29. The molecule has 2 heterocycles. The number of anilines is 1. The first kappa shape index (κ1) is 10.9. The first-order valence-electron chi connectivity index (χ1n) is 5.24. The zero-order chi connectivity index (χ0) is 11.7. The van der Waals surface area contributed by atoms with Crippen LogP contribution in [0.15, 0.2) is 18.3 Å². The number of carbonyl (C=O) groups is 1. The lowest BCUT2D eigenvalue weighted by atomic mass is 9.98. The number of nitrogens with zero attached hydrogens (tertiary/aromatic N) is 2. The van der Waals surface area contributed by atoms with E-state index in [1.165, 1.54) is 6.07 Å². The second kappa shape index (κ2) is 4.08. The van der Waals surface area contributed by atoms with Gasteiger partial charge in [-0.05, 0) is 18.1 Å². The van der Waals surface area contributed by atoms with E-state index in [-0.39, 0.29) is 23.6 Å². The summed E-state index contributed by atoms with van der Waals surface area (Å²) in [4.78, 5) is 16.9. The number of hydrogen-bond acceptors (Lipinski definition) is 3. The summed E-state index contributed by atoms with van der Waals surface area (Å²) in [7, 11) is 0. The van der Waals surface area contributed by atoms with Gasteiger partial charge in [-0.3, -0.25) is 4.79 Å². The van der Waals surface area contributed by atoms with E-state index in [2.05, 4.69) is 4.98 Å². The molecule has 1 amide bonds. The lowest BCUT2D eigenvalue weighted by molar-refractivity contribution is -0.122. The van der Waals surface area contributed by atoms with Gasteiger partial charge in [0.25, 0.3) is 0 Å². The largest absolute Gasteiger partial charge is 0.369 e. The molecule has 0 unspecified atom stereocenters. The second-order valence-electron chi connectivity index (χ2n) is 4.20. The number of primary amides is 1. The molecule has 2 N–H and O–H groups in total. The van der Waals surface area contributed by atoms with Crippen molar-refractivity contribution < 1.29 is 9.18 Å². The van der Waals surface area contributed by atoms with Crippen LogP contribution in [0.2, 0.25) is 0 Å². The SMILES string of the molecule is C[C@@H]1CN(c2ncccc2F)C[C@H]1C(N)=O. The monoisotopic (exact) mass is 223 g/mol. The highest BCUT2D eigenvalue weighted by atomic mass is 19.1. The van der Waals surface area contributed by atoms with Crippen molar-refractivity contribution in [3.8, 4) is 0 Å². The van der Waals surface area contributed by atoms with Gasteiger partial charge in [0.15, 0.2) is 11.6 Å². The number of aromatic nitrogens is 1. The van der Waals surface area contributed by atoms with Crippen LogP contribution in [0.5, 0.6) is 0 Å². The van der Waals surface area contributed by atoms with E-state index in [0.717, 1.165) is 0 Å². The topological polar surface area (TPSA) is 59.2 Å². The summed E-state index contributed by atoms with van der Waals surface area (Å²) >= 11 is 0. The molecule has 1 aliphatic rings. The van der Waals surface area contributed by atoms with E-state index >= 15 is 0 Å². The van der Waals surface area contributed by atoms with Crippen LogP contribution in [0.4, 0.5) is 10.2 Å². The van der Waals surface area contributed by atoms with Crippen molar-refractivity contribution in [1.29, 1.82) is 0 Å². The van der Waals surface area contributed by atoms with Gasteiger partial charge >= 0.3 is 0 Å². The average Bonchev–Trinajstić information content (AvgIpc) is 2.61. The molecule has 2 atom stereocenters. The summed E-state index contributed by atoms with van der Waals surface area (Å²) in [5, 5.41) is 0. The van der Waals surface area contributed by atoms with Crippen LogP contribution < -0.4 is 10.6 Å². The predicted molar refractivity (Wildman–Crippen MR) is 58.3 cm³/mol. The first-order valence-corrected chi connectivity index (χ1v) is 5.24. The standard InChI is InChI=1S/C11H14FN3O/c1-7-5-15(6-8(7)10(13)16)11-9(12)3-2-4-14-11/h2-4,7-8H,5-6H2,1H3,(H2,13,16)/t7-,8-/m1/s1. The van der Waals surface area contributed by atoms with Gasteiger partial charge < -0.3 is 10.6 Å². The quantitative estimate of drug-likeness (QED) is 0.806. The molecule has 1 aromatic heterocycles. The van der Waals surface area contributed by atoms with Crippen LogP contribution >= 0.6 is 0 Å². The average molecular weight is 223 g/mol. The minimum absolute atomic E-state index is 0.138. The minimum Gasteiger partial charge on any atom is -0.369 e. The molecule has 0 radical (unpaired) electrons. The highest BCUT2D eigenvalue weighted by Crippen LogP contribution is 2.27. The van der Waals surface area contributed by atoms with E-state index in [4.69, 9.17) is 5.73 Å². The van der Waals surface area contributed by atoms with Gasteiger partial charge in [-0.15, -0.1) is 0 Å². The lowest BCUT2D eigenvalue weighted by Gasteiger charge is -2.17. The summed E-state index contributed by atoms with van der Waals surface area (Å²) in [6.45, 7) is 3.00. The Hall–Kier alpha value is -1.65. The Labute approximate surface area is 93.3 Å². The van der Waals surface area contributed by atoms with Crippen molar-refractivity contribution in [1.82, 2.24) is 4.98 Å². The number of hydrogen-bond donors (Lipinski definition) is 1. The second-order valence-corrected chi connectivity index (χ2v) is 4.20. The van der Waals surface area contributed by atoms with E-state index in [1.807, 2.05) is 6.92 Å². The van der Waals surface area contributed by atoms with E-state index in [0.29, 0.717) is 18.9 Å². The van der Waals surface area contributed by atoms with Crippen LogP contribution in [0.1, 0.15) is 6.92 Å². The number of amides is 1. The maximum Gasteiger partial charge on any atom is 0.222 e. The predicted octanol–water partition coefficient (Wildman–Crippen LogP) is 0.778. The minimum atomic E-state index is -0.361. The summed E-state index contributed by atoms with van der Waals surface area (Å²) in [6.07, 6.45) is 1.54. The van der Waals surface area contributed by atoms with Gasteiger partial charge in [-0.2, -0.15) is 0 Å². The summed E-state index contributed by atoms with van der Waals surface area (Å²) in [6, 6.07) is 2.91. The molecule has 86 valence electrons. The number of carbonyl (C=O) groups excluding carboxylic acids is 1. The molecule has 5 heteroatoms. The van der Waals surface area contributed by atoms with Crippen molar-refractivity contribution in [2.75, 3.05) is 18.0 Å². The number of rotatable bonds is 2. The van der Waals surface area contributed by atoms with Crippen LogP contribution in [0.3, 0.4) is 0 Å². The van der Waals surface area contributed by atoms with Gasteiger partial charge in [-0.25, -0.2) is 9.37 Å². The Morgan fingerprint density at radius 1 is 1.62 bits per heavy atom. The van der Waals surface area contributed by atoms with Crippen LogP contribution in [-0.2, 0) is 4.79 Å². The normalized spacial score (nSPS) is 24.8. The molecule has 0 aromatic carbocycles. The van der Waals surface area contributed by atoms with E-state index in [1.54, 1.807) is 17.2 Å². The molecule has 1 aromatic rings. The van der Waals surface area contributed by atoms with E-state index in [9.17, 15) is 9.18 Å². The van der Waals surface area contributed by atoms with Crippen molar-refractivity contribution in [2.24, 2.45) is 17.6 Å². The van der Waals surface area contributed by atoms with Gasteiger partial charge in [0, 0.05) is 19.3 Å². The van der Waals surface area contributed by atoms with Gasteiger partial charge in [0.1, 0.15) is 0 Å². The Balaban J connectivity index is 2.20. The Bertz CT molecular complexity index is 410. The third-order valence-electron chi connectivity index (χ3n) is 3.02. The molecule has 1 aliphatic heterocycles. The third kappa shape index (κ3) is 1.85. The summed E-state index contributed by atoms with van der Waals surface area (Å²) in [5.74, 6) is -0.468. The third-order valence-corrected chi connectivity index (χ3v) is 3.02. The smallest absolute Gasteiger partial charge is 0.222 e. The molecule has 1 fully saturated rings. The van der Waals surface area contributed by atoms with Crippen molar-refractivity contribution >= 4 is 11.7 Å². The molecule has 1 saturated heterocycles. The van der Waals surface area contributed by atoms with Crippen molar-refractivity contribution in [2.45, 2.75) is 6.92 Å². The zero-order valence-corrected chi connectivity index (χ0v) is 9.06. The fourth-order valence-electron chi connectivity index (χ4n) is 2.12. The highest BCUT2D eigenvalue weighted by Gasteiger charge is 2.34. The Kier molecular flexibility index (Phi) is 2.77. The van der Waals surface area contributed by atoms with Crippen LogP contribution in [0, 0.1) is 17.7 Å². The highest BCUT2D eigenvalue weighted by molar-refractivity contribution is 5.78. The fourth-order valence-corrected chi connectivity index (χ4v) is 2.12. The maximum absolute atomic E-state index is 13.5. The Morgan fingerprint density at radius 2 is 2.38 bits per heavy atom. The van der Waals surface area contributed by atoms with Crippen LogP contribution in [-0.4, -0.2) is 24.0 Å². The molecular weight excluding hydrogens is 209 g/mol. The summed E-state index contributed by atoms with van der Waals surface area (Å²) < 4.78 is 13.5. The molecular formula is C11H14FN3O. The van der Waals surface area contributed by atoms with E-state index < -0.39 is 0 Å². The van der Waals surface area contributed by atoms with Crippen molar-refractivity contribution in [3.63, 3.8) is 0 Å². The number of nitrogens with two attached hydrogens (primary N) is 1. The number of halogens is 1. The molecule has 2 rings (SSSR count). The zero-order valence-electron chi connectivity index (χ0n) is 9.06. The van der Waals surface area contributed by atoms with Gasteiger partial charge in [-0.1, -0.05) is 6.92 Å². The maximum atomic E-state index is 13.5. The number of pyridine rings is 1. The molecule has 4 nitrogen and oxygen atoms in total. The van der Waals surface area contributed by atoms with Crippen LogP contribution in [0.25, 0.3) is 0 Å². The lowest BCUT2D eigenvalue weighted by Crippen LogP contribution is -2.29. The van der Waals surface area contributed by atoms with Gasteiger partial charge in [0.05, 0.1) is 5.92 Å². The fraction of sp³-hybridized carbons (Fsp3) is 0.455. The molecule has 0 aliphatic carbocycles. The molecule has 0 saturated carbocycles. The van der Waals surface area contributed by atoms with Crippen molar-refractivity contribution in [3.05, 3.63) is 24.1 Å². The molecule has 0 spiro atoms. The van der Waals surface area contributed by atoms with Gasteiger partial charge in [0.2, 0.25) is 5.91 Å².